The van der Waals surface area contributed by atoms with Crippen molar-refractivity contribution < 1.29 is 4.79 Å². The first-order valence-electron chi connectivity index (χ1n) is 6.99. The zero-order chi connectivity index (χ0) is 16.1. The largest absolute Gasteiger partial charge is 0.345 e. The van der Waals surface area contributed by atoms with Crippen LogP contribution in [0.5, 0.6) is 0 Å². The maximum Gasteiger partial charge on any atom is 0.270 e. The third kappa shape index (κ3) is 3.41. The van der Waals surface area contributed by atoms with Crippen LogP contribution in [0.2, 0.25) is 0 Å². The predicted octanol–water partition coefficient (Wildman–Crippen LogP) is 2.07. The SMILES string of the molecule is N#Cc1ccc(CNC(=O)c2cc(-n3cccc3)ccn2)nc1. The molecule has 0 aromatic carbocycles. The van der Waals surface area contributed by atoms with E-state index in [2.05, 4.69) is 15.3 Å². The molecule has 3 aromatic rings. The van der Waals surface area contributed by atoms with Crippen LogP contribution in [-0.4, -0.2) is 20.4 Å². The van der Waals surface area contributed by atoms with Gasteiger partial charge < -0.3 is 9.88 Å². The van der Waals surface area contributed by atoms with E-state index in [1.165, 1.54) is 6.20 Å². The molecular formula is C17H13N5O. The Bertz CT molecular complexity index is 847. The van der Waals surface area contributed by atoms with Crippen LogP contribution in [0.3, 0.4) is 0 Å². The fourth-order valence-electron chi connectivity index (χ4n) is 2.07. The Morgan fingerprint density at radius 3 is 2.74 bits per heavy atom. The van der Waals surface area contributed by atoms with Crippen LogP contribution in [0.15, 0.2) is 61.2 Å². The Balaban J connectivity index is 1.68. The van der Waals surface area contributed by atoms with Crippen molar-refractivity contribution in [1.82, 2.24) is 19.9 Å². The normalized spacial score (nSPS) is 10.0. The van der Waals surface area contributed by atoms with Gasteiger partial charge in [-0.1, -0.05) is 0 Å². The Morgan fingerprint density at radius 1 is 1.22 bits per heavy atom. The minimum Gasteiger partial charge on any atom is -0.345 e. The molecule has 0 saturated carbocycles. The van der Waals surface area contributed by atoms with E-state index >= 15 is 0 Å². The van der Waals surface area contributed by atoms with Gasteiger partial charge >= 0.3 is 0 Å². The van der Waals surface area contributed by atoms with Gasteiger partial charge in [-0.2, -0.15) is 5.26 Å². The molecule has 0 spiro atoms. The number of aromatic nitrogens is 3. The molecule has 112 valence electrons. The third-order valence-corrected chi connectivity index (χ3v) is 3.26. The second-order valence-corrected chi connectivity index (χ2v) is 4.82. The van der Waals surface area contributed by atoms with Crippen LogP contribution in [-0.2, 0) is 6.54 Å². The highest BCUT2D eigenvalue weighted by atomic mass is 16.1. The summed E-state index contributed by atoms with van der Waals surface area (Å²) >= 11 is 0. The minimum atomic E-state index is -0.273. The molecular weight excluding hydrogens is 290 g/mol. The topological polar surface area (TPSA) is 83.6 Å². The number of rotatable bonds is 4. The van der Waals surface area contributed by atoms with E-state index in [9.17, 15) is 4.79 Å². The number of nitrogens with one attached hydrogen (secondary N) is 1. The van der Waals surface area contributed by atoms with Crippen molar-refractivity contribution in [2.45, 2.75) is 6.54 Å². The molecule has 1 N–H and O–H groups in total. The molecule has 3 rings (SSSR count). The summed E-state index contributed by atoms with van der Waals surface area (Å²) < 4.78 is 1.90. The Kier molecular flexibility index (Phi) is 4.11. The monoisotopic (exact) mass is 303 g/mol. The minimum absolute atomic E-state index is 0.273. The molecule has 0 radical (unpaired) electrons. The lowest BCUT2D eigenvalue weighted by Gasteiger charge is -2.07. The summed E-state index contributed by atoms with van der Waals surface area (Å²) in [5, 5.41) is 11.5. The maximum absolute atomic E-state index is 12.2. The fourth-order valence-corrected chi connectivity index (χ4v) is 2.07. The highest BCUT2D eigenvalue weighted by Crippen LogP contribution is 2.09. The first-order chi connectivity index (χ1) is 11.3. The maximum atomic E-state index is 12.2. The van der Waals surface area contributed by atoms with E-state index in [0.29, 0.717) is 17.0 Å². The number of carbonyl (C=O) groups excluding carboxylic acids is 1. The zero-order valence-electron chi connectivity index (χ0n) is 12.2. The van der Waals surface area contributed by atoms with Gasteiger partial charge in [-0.15, -0.1) is 0 Å². The number of nitriles is 1. The van der Waals surface area contributed by atoms with E-state index in [-0.39, 0.29) is 12.5 Å². The number of pyridine rings is 2. The van der Waals surface area contributed by atoms with Crippen LogP contribution in [0.1, 0.15) is 21.7 Å². The Labute approximate surface area is 133 Å². The standard InChI is InChI=1S/C17H13N5O/c18-10-13-3-4-14(20-11-13)12-21-17(23)16-9-15(5-6-19-16)22-7-1-2-8-22/h1-9,11H,12H2,(H,21,23). The summed E-state index contributed by atoms with van der Waals surface area (Å²) in [6.45, 7) is 0.278. The zero-order valence-corrected chi connectivity index (χ0v) is 12.2. The van der Waals surface area contributed by atoms with Gasteiger partial charge in [0.2, 0.25) is 0 Å². The van der Waals surface area contributed by atoms with Gasteiger partial charge in [0.05, 0.1) is 17.8 Å². The molecule has 0 saturated heterocycles. The summed E-state index contributed by atoms with van der Waals surface area (Å²) in [5.74, 6) is -0.273. The van der Waals surface area contributed by atoms with Crippen molar-refractivity contribution in [2.24, 2.45) is 0 Å². The molecule has 1 amide bonds. The average molecular weight is 303 g/mol. The molecule has 0 unspecified atom stereocenters. The lowest BCUT2D eigenvalue weighted by atomic mass is 10.2. The summed E-state index contributed by atoms with van der Waals surface area (Å²) in [6.07, 6.45) is 6.88. The number of carbonyl (C=O) groups is 1. The molecule has 3 aromatic heterocycles. The van der Waals surface area contributed by atoms with Crippen molar-refractivity contribution in [1.29, 1.82) is 5.26 Å². The first-order valence-corrected chi connectivity index (χ1v) is 6.99. The quantitative estimate of drug-likeness (QED) is 0.799. The van der Waals surface area contributed by atoms with Crippen molar-refractivity contribution in [3.05, 3.63) is 78.1 Å². The predicted molar refractivity (Wildman–Crippen MR) is 83.7 cm³/mol. The molecule has 3 heterocycles. The van der Waals surface area contributed by atoms with Crippen LogP contribution >= 0.6 is 0 Å². The van der Waals surface area contributed by atoms with Crippen LogP contribution < -0.4 is 5.32 Å². The average Bonchev–Trinajstić information content (AvgIpc) is 3.15. The lowest BCUT2D eigenvalue weighted by molar-refractivity contribution is 0.0945. The fraction of sp³-hybridized carbons (Fsp3) is 0.0588. The smallest absolute Gasteiger partial charge is 0.270 e. The van der Waals surface area contributed by atoms with E-state index in [0.717, 1.165) is 5.69 Å². The van der Waals surface area contributed by atoms with E-state index in [1.54, 1.807) is 24.4 Å². The van der Waals surface area contributed by atoms with Crippen molar-refractivity contribution in [3.63, 3.8) is 0 Å². The molecule has 0 fully saturated rings. The molecule has 0 atom stereocenters. The Hall–Kier alpha value is -3.46. The van der Waals surface area contributed by atoms with Gasteiger partial charge in [-0.25, -0.2) is 0 Å². The van der Waals surface area contributed by atoms with Gasteiger partial charge in [0, 0.05) is 30.5 Å². The highest BCUT2D eigenvalue weighted by molar-refractivity contribution is 5.92. The summed E-state index contributed by atoms with van der Waals surface area (Å²) in [7, 11) is 0. The molecule has 23 heavy (non-hydrogen) atoms. The van der Waals surface area contributed by atoms with Crippen molar-refractivity contribution in [3.8, 4) is 11.8 Å². The number of amides is 1. The van der Waals surface area contributed by atoms with Gasteiger partial charge in [0.25, 0.3) is 5.91 Å². The summed E-state index contributed by atoms with van der Waals surface area (Å²) in [4.78, 5) is 20.4. The van der Waals surface area contributed by atoms with E-state index < -0.39 is 0 Å². The molecule has 0 aliphatic carbocycles. The number of nitrogens with zero attached hydrogens (tertiary/aromatic N) is 4. The van der Waals surface area contributed by atoms with E-state index in [4.69, 9.17) is 5.26 Å². The molecule has 0 aliphatic heterocycles. The van der Waals surface area contributed by atoms with Crippen LogP contribution in [0.4, 0.5) is 0 Å². The number of hydrogen-bond donors (Lipinski definition) is 1. The van der Waals surface area contributed by atoms with Gasteiger partial charge in [0.1, 0.15) is 11.8 Å². The lowest BCUT2D eigenvalue weighted by Crippen LogP contribution is -2.24. The van der Waals surface area contributed by atoms with Crippen LogP contribution in [0.25, 0.3) is 5.69 Å². The van der Waals surface area contributed by atoms with Gasteiger partial charge in [-0.3, -0.25) is 14.8 Å². The first kappa shape index (κ1) is 14.5. The second-order valence-electron chi connectivity index (χ2n) is 4.82. The molecule has 6 nitrogen and oxygen atoms in total. The summed E-state index contributed by atoms with van der Waals surface area (Å²) in [5.41, 5.74) is 2.37. The van der Waals surface area contributed by atoms with Gasteiger partial charge in [0.15, 0.2) is 0 Å². The number of hydrogen-bond acceptors (Lipinski definition) is 4. The Morgan fingerprint density at radius 2 is 2.04 bits per heavy atom. The second kappa shape index (κ2) is 6.54. The summed E-state index contributed by atoms with van der Waals surface area (Å²) in [6, 6.07) is 12.8. The van der Waals surface area contributed by atoms with Gasteiger partial charge in [-0.05, 0) is 36.4 Å². The highest BCUT2D eigenvalue weighted by Gasteiger charge is 2.08. The van der Waals surface area contributed by atoms with Crippen molar-refractivity contribution in [2.75, 3.05) is 0 Å². The molecule has 0 bridgehead atoms. The van der Waals surface area contributed by atoms with E-state index in [1.807, 2.05) is 41.2 Å². The molecule has 6 heteroatoms. The van der Waals surface area contributed by atoms with Crippen molar-refractivity contribution >= 4 is 5.91 Å². The van der Waals surface area contributed by atoms with Crippen LogP contribution in [0, 0.1) is 11.3 Å². The third-order valence-electron chi connectivity index (χ3n) is 3.26. The molecule has 0 aliphatic rings.